The van der Waals surface area contributed by atoms with Gasteiger partial charge in [-0.05, 0) is 25.1 Å². The average molecular weight is 221 g/mol. The van der Waals surface area contributed by atoms with Crippen molar-refractivity contribution in [2.75, 3.05) is 0 Å². The van der Waals surface area contributed by atoms with Gasteiger partial charge in [0.25, 0.3) is 0 Å². The number of phenolic OH excluding ortho intramolecular Hbond substituents is 1. The molecule has 0 atom stereocenters. The van der Waals surface area contributed by atoms with E-state index in [9.17, 15) is 5.11 Å². The fourth-order valence-electron chi connectivity index (χ4n) is 1.21. The minimum atomic E-state index is 0.286. The molecular formula is C11H11NO2S. The molecule has 1 aromatic carbocycles. The molecular weight excluding hydrogens is 210 g/mol. The normalized spacial score (nSPS) is 10.5. The number of aromatic nitrogens is 1. The minimum Gasteiger partial charge on any atom is -0.508 e. The summed E-state index contributed by atoms with van der Waals surface area (Å²) >= 11 is 1.61. The molecule has 15 heavy (non-hydrogen) atoms. The standard InChI is InChI=1S/C11H11NO2S/c1-8-5-10(14-12-8)7-15-11-4-2-3-9(13)6-11/h2-6,13H,7H2,1H3. The fourth-order valence-corrected chi connectivity index (χ4v) is 2.04. The third-order valence-corrected chi connectivity index (χ3v) is 2.89. The molecule has 1 heterocycles. The molecule has 0 unspecified atom stereocenters. The Bertz CT molecular complexity index is 453. The van der Waals surface area contributed by atoms with Crippen LogP contribution in [-0.2, 0) is 5.75 Å². The van der Waals surface area contributed by atoms with Crippen molar-refractivity contribution in [3.63, 3.8) is 0 Å². The predicted molar refractivity (Wildman–Crippen MR) is 58.9 cm³/mol. The molecule has 0 bridgehead atoms. The van der Waals surface area contributed by atoms with Crippen LogP contribution in [-0.4, -0.2) is 10.3 Å². The maximum Gasteiger partial charge on any atom is 0.147 e. The maximum absolute atomic E-state index is 9.27. The first-order valence-corrected chi connectivity index (χ1v) is 5.56. The van der Waals surface area contributed by atoms with Crippen molar-refractivity contribution in [1.29, 1.82) is 0 Å². The zero-order chi connectivity index (χ0) is 10.7. The molecule has 0 fully saturated rings. The van der Waals surface area contributed by atoms with E-state index >= 15 is 0 Å². The van der Waals surface area contributed by atoms with Crippen LogP contribution in [0, 0.1) is 6.92 Å². The number of rotatable bonds is 3. The number of hydrogen-bond donors (Lipinski definition) is 1. The molecule has 78 valence electrons. The topological polar surface area (TPSA) is 46.3 Å². The molecule has 3 nitrogen and oxygen atoms in total. The van der Waals surface area contributed by atoms with Crippen LogP contribution in [0.15, 0.2) is 39.8 Å². The molecule has 0 saturated heterocycles. The Kier molecular flexibility index (Phi) is 2.97. The summed E-state index contributed by atoms with van der Waals surface area (Å²) in [7, 11) is 0. The summed E-state index contributed by atoms with van der Waals surface area (Å²) in [5.74, 6) is 1.86. The molecule has 0 spiro atoms. The maximum atomic E-state index is 9.27. The molecule has 1 aromatic heterocycles. The monoisotopic (exact) mass is 221 g/mol. The summed E-state index contributed by atoms with van der Waals surface area (Å²) in [5.41, 5.74) is 0.890. The minimum absolute atomic E-state index is 0.286. The van der Waals surface area contributed by atoms with Crippen molar-refractivity contribution in [2.45, 2.75) is 17.6 Å². The molecule has 0 radical (unpaired) electrons. The Morgan fingerprint density at radius 2 is 2.27 bits per heavy atom. The SMILES string of the molecule is Cc1cc(CSc2cccc(O)c2)on1. The second kappa shape index (κ2) is 4.40. The van der Waals surface area contributed by atoms with Gasteiger partial charge in [-0.2, -0.15) is 0 Å². The van der Waals surface area contributed by atoms with Crippen LogP contribution in [0.3, 0.4) is 0 Å². The summed E-state index contributed by atoms with van der Waals surface area (Å²) < 4.78 is 5.08. The quantitative estimate of drug-likeness (QED) is 0.809. The Balaban J connectivity index is 1.99. The van der Waals surface area contributed by atoms with Crippen molar-refractivity contribution < 1.29 is 9.63 Å². The third kappa shape index (κ3) is 2.76. The number of aromatic hydroxyl groups is 1. The van der Waals surface area contributed by atoms with Gasteiger partial charge in [-0.1, -0.05) is 11.2 Å². The first kappa shape index (κ1) is 10.1. The Labute approximate surface area is 92.1 Å². The van der Waals surface area contributed by atoms with E-state index in [4.69, 9.17) is 4.52 Å². The van der Waals surface area contributed by atoms with Crippen LogP contribution in [0.1, 0.15) is 11.5 Å². The molecule has 0 saturated carbocycles. The van der Waals surface area contributed by atoms with Crippen LogP contribution in [0.2, 0.25) is 0 Å². The largest absolute Gasteiger partial charge is 0.508 e. The molecule has 0 amide bonds. The van der Waals surface area contributed by atoms with E-state index in [2.05, 4.69) is 5.16 Å². The van der Waals surface area contributed by atoms with Gasteiger partial charge in [-0.3, -0.25) is 0 Å². The van der Waals surface area contributed by atoms with E-state index in [-0.39, 0.29) is 5.75 Å². The van der Waals surface area contributed by atoms with E-state index in [0.29, 0.717) is 0 Å². The van der Waals surface area contributed by atoms with E-state index in [1.54, 1.807) is 23.9 Å². The molecule has 0 aliphatic heterocycles. The summed E-state index contributed by atoms with van der Waals surface area (Å²) in [6.07, 6.45) is 0. The molecule has 4 heteroatoms. The van der Waals surface area contributed by atoms with Crippen LogP contribution < -0.4 is 0 Å². The first-order chi connectivity index (χ1) is 7.24. The molecule has 2 rings (SSSR count). The van der Waals surface area contributed by atoms with E-state index in [0.717, 1.165) is 22.1 Å². The summed E-state index contributed by atoms with van der Waals surface area (Å²) in [5, 5.41) is 13.1. The van der Waals surface area contributed by atoms with Crippen LogP contribution in [0.4, 0.5) is 0 Å². The van der Waals surface area contributed by atoms with Gasteiger partial charge >= 0.3 is 0 Å². The van der Waals surface area contributed by atoms with Gasteiger partial charge in [0, 0.05) is 11.0 Å². The zero-order valence-electron chi connectivity index (χ0n) is 8.30. The van der Waals surface area contributed by atoms with Crippen LogP contribution in [0.5, 0.6) is 5.75 Å². The molecule has 2 aromatic rings. The van der Waals surface area contributed by atoms with Crippen molar-refractivity contribution in [3.05, 3.63) is 41.8 Å². The fraction of sp³-hybridized carbons (Fsp3) is 0.182. The van der Waals surface area contributed by atoms with E-state index in [1.807, 2.05) is 25.1 Å². The Morgan fingerprint density at radius 1 is 1.40 bits per heavy atom. The van der Waals surface area contributed by atoms with Crippen molar-refractivity contribution in [2.24, 2.45) is 0 Å². The number of aryl methyl sites for hydroxylation is 1. The molecule has 0 aliphatic rings. The van der Waals surface area contributed by atoms with Crippen molar-refractivity contribution in [3.8, 4) is 5.75 Å². The van der Waals surface area contributed by atoms with Gasteiger partial charge < -0.3 is 9.63 Å². The second-order valence-electron chi connectivity index (χ2n) is 3.22. The van der Waals surface area contributed by atoms with Gasteiger partial charge in [0.1, 0.15) is 11.5 Å². The molecule has 0 aliphatic carbocycles. The smallest absolute Gasteiger partial charge is 0.147 e. The van der Waals surface area contributed by atoms with E-state index < -0.39 is 0 Å². The highest BCUT2D eigenvalue weighted by Crippen LogP contribution is 2.25. The summed E-state index contributed by atoms with van der Waals surface area (Å²) in [6, 6.07) is 9.07. The molecule has 1 N–H and O–H groups in total. The van der Waals surface area contributed by atoms with Crippen LogP contribution >= 0.6 is 11.8 Å². The lowest BCUT2D eigenvalue weighted by Crippen LogP contribution is -1.76. The number of hydrogen-bond acceptors (Lipinski definition) is 4. The van der Waals surface area contributed by atoms with Gasteiger partial charge in [-0.15, -0.1) is 11.8 Å². The average Bonchev–Trinajstić information content (AvgIpc) is 2.62. The van der Waals surface area contributed by atoms with Crippen molar-refractivity contribution >= 4 is 11.8 Å². The highest BCUT2D eigenvalue weighted by atomic mass is 32.2. The lowest BCUT2D eigenvalue weighted by molar-refractivity contribution is 0.391. The number of nitrogens with zero attached hydrogens (tertiary/aromatic N) is 1. The highest BCUT2D eigenvalue weighted by Gasteiger charge is 2.02. The number of thioether (sulfide) groups is 1. The Morgan fingerprint density at radius 3 is 2.93 bits per heavy atom. The number of benzene rings is 1. The summed E-state index contributed by atoms with van der Waals surface area (Å²) in [4.78, 5) is 1.02. The second-order valence-corrected chi connectivity index (χ2v) is 4.27. The summed E-state index contributed by atoms with van der Waals surface area (Å²) in [6.45, 7) is 1.89. The van der Waals surface area contributed by atoms with E-state index in [1.165, 1.54) is 0 Å². The van der Waals surface area contributed by atoms with Gasteiger partial charge in [0.2, 0.25) is 0 Å². The first-order valence-electron chi connectivity index (χ1n) is 4.58. The van der Waals surface area contributed by atoms with Gasteiger partial charge in [0.05, 0.1) is 11.4 Å². The van der Waals surface area contributed by atoms with Crippen LogP contribution in [0.25, 0.3) is 0 Å². The zero-order valence-corrected chi connectivity index (χ0v) is 9.12. The van der Waals surface area contributed by atoms with Gasteiger partial charge in [-0.25, -0.2) is 0 Å². The lowest BCUT2D eigenvalue weighted by atomic mass is 10.3. The number of phenols is 1. The van der Waals surface area contributed by atoms with Crippen molar-refractivity contribution in [1.82, 2.24) is 5.16 Å². The Hall–Kier alpha value is -1.42. The lowest BCUT2D eigenvalue weighted by Gasteiger charge is -1.98. The third-order valence-electron chi connectivity index (χ3n) is 1.88. The highest BCUT2D eigenvalue weighted by molar-refractivity contribution is 7.98. The predicted octanol–water partition coefficient (Wildman–Crippen LogP) is 2.98. The van der Waals surface area contributed by atoms with Gasteiger partial charge in [0.15, 0.2) is 0 Å².